The monoisotopic (exact) mass is 490 g/mol. The van der Waals surface area contributed by atoms with Crippen LogP contribution in [-0.4, -0.2) is 24.9 Å². The quantitative estimate of drug-likeness (QED) is 0.268. The van der Waals surface area contributed by atoms with Crippen molar-refractivity contribution in [1.29, 1.82) is 0 Å². The van der Waals surface area contributed by atoms with E-state index in [4.69, 9.17) is 21.1 Å². The van der Waals surface area contributed by atoms with Crippen LogP contribution in [0.5, 0.6) is 11.5 Å². The zero-order valence-corrected chi connectivity index (χ0v) is 20.1. The third-order valence-electron chi connectivity index (χ3n) is 5.46. The highest BCUT2D eigenvalue weighted by Gasteiger charge is 2.39. The fourth-order valence-corrected chi connectivity index (χ4v) is 3.75. The predicted molar refractivity (Wildman–Crippen MR) is 134 cm³/mol. The summed E-state index contributed by atoms with van der Waals surface area (Å²) in [4.78, 5) is 39.2. The van der Waals surface area contributed by atoms with Crippen LogP contribution in [0.1, 0.15) is 35.7 Å². The third kappa shape index (κ3) is 5.05. The summed E-state index contributed by atoms with van der Waals surface area (Å²) >= 11 is 6.20. The van der Waals surface area contributed by atoms with Crippen molar-refractivity contribution in [3.05, 3.63) is 94.7 Å². The van der Waals surface area contributed by atoms with Crippen LogP contribution < -0.4 is 19.7 Å². The van der Waals surface area contributed by atoms with E-state index in [0.29, 0.717) is 34.4 Å². The van der Waals surface area contributed by atoms with Crippen molar-refractivity contribution < 1.29 is 23.9 Å². The van der Waals surface area contributed by atoms with Crippen molar-refractivity contribution in [2.24, 2.45) is 0 Å². The maximum Gasteiger partial charge on any atom is 0.343 e. The van der Waals surface area contributed by atoms with Gasteiger partial charge >= 0.3 is 5.97 Å². The van der Waals surface area contributed by atoms with Crippen LogP contribution in [0.15, 0.2) is 83.5 Å². The Labute approximate surface area is 207 Å². The van der Waals surface area contributed by atoms with E-state index in [9.17, 15) is 14.4 Å². The van der Waals surface area contributed by atoms with Crippen LogP contribution >= 0.6 is 11.6 Å². The van der Waals surface area contributed by atoms with Gasteiger partial charge in [0.05, 0.1) is 18.4 Å². The van der Waals surface area contributed by atoms with Gasteiger partial charge < -0.3 is 14.8 Å². The van der Waals surface area contributed by atoms with E-state index in [1.165, 1.54) is 7.11 Å². The Morgan fingerprint density at radius 1 is 0.914 bits per heavy atom. The van der Waals surface area contributed by atoms with Gasteiger partial charge in [0.15, 0.2) is 0 Å². The molecule has 4 rings (SSSR count). The average molecular weight is 491 g/mol. The maximum atomic E-state index is 13.0. The molecule has 178 valence electrons. The smallest absolute Gasteiger partial charge is 0.343 e. The number of carbonyl (C=O) groups excluding carboxylic acids is 3. The number of esters is 1. The van der Waals surface area contributed by atoms with Gasteiger partial charge in [-0.05, 0) is 60.0 Å². The van der Waals surface area contributed by atoms with E-state index < -0.39 is 17.8 Å². The molecular weight excluding hydrogens is 468 g/mol. The number of hydrogen-bond acceptors (Lipinski definition) is 6. The summed E-state index contributed by atoms with van der Waals surface area (Å²) in [5, 5.41) is 2.66. The van der Waals surface area contributed by atoms with E-state index in [0.717, 1.165) is 10.5 Å². The van der Waals surface area contributed by atoms with Gasteiger partial charge in [-0.15, -0.1) is 0 Å². The SMILES string of the molecule is COc1cccc(N2C(=O)C(Cl)=C(Nc3ccc(C(=O)Oc4cccc(C(C)C)c4)cc3)C2=O)c1. The molecular formula is C27H23ClN2O5. The van der Waals surface area contributed by atoms with Crippen molar-refractivity contribution in [1.82, 2.24) is 0 Å². The van der Waals surface area contributed by atoms with Crippen LogP contribution in [0.25, 0.3) is 0 Å². The molecule has 0 saturated heterocycles. The summed E-state index contributed by atoms with van der Waals surface area (Å²) in [6, 6.07) is 20.3. The lowest BCUT2D eigenvalue weighted by Gasteiger charge is -2.16. The average Bonchev–Trinajstić information content (AvgIpc) is 3.07. The molecule has 0 unspecified atom stereocenters. The molecule has 0 saturated carbocycles. The zero-order chi connectivity index (χ0) is 25.1. The van der Waals surface area contributed by atoms with Gasteiger partial charge in [0.1, 0.15) is 22.2 Å². The normalized spacial score (nSPS) is 13.5. The Hall–Kier alpha value is -4.10. The summed E-state index contributed by atoms with van der Waals surface area (Å²) in [5.41, 5.74) is 2.16. The van der Waals surface area contributed by atoms with Crippen LogP contribution in [-0.2, 0) is 9.59 Å². The maximum absolute atomic E-state index is 13.0. The van der Waals surface area contributed by atoms with E-state index in [1.807, 2.05) is 18.2 Å². The second kappa shape index (κ2) is 10.0. The highest BCUT2D eigenvalue weighted by atomic mass is 35.5. The van der Waals surface area contributed by atoms with E-state index >= 15 is 0 Å². The molecule has 1 aliphatic heterocycles. The molecule has 1 N–H and O–H groups in total. The number of halogens is 1. The molecule has 7 nitrogen and oxygen atoms in total. The van der Waals surface area contributed by atoms with E-state index in [-0.39, 0.29) is 10.7 Å². The third-order valence-corrected chi connectivity index (χ3v) is 5.81. The molecule has 0 spiro atoms. The second-order valence-corrected chi connectivity index (χ2v) is 8.53. The number of anilines is 2. The molecule has 2 amide bonds. The molecule has 0 atom stereocenters. The summed E-state index contributed by atoms with van der Waals surface area (Å²) in [6.45, 7) is 4.12. The number of rotatable bonds is 7. The predicted octanol–water partition coefficient (Wildman–Crippen LogP) is 5.47. The van der Waals surface area contributed by atoms with Crippen LogP contribution in [0.4, 0.5) is 11.4 Å². The fraction of sp³-hybridized carbons (Fsp3) is 0.148. The van der Waals surface area contributed by atoms with Gasteiger partial charge in [-0.25, -0.2) is 9.69 Å². The second-order valence-electron chi connectivity index (χ2n) is 8.16. The van der Waals surface area contributed by atoms with Gasteiger partial charge in [-0.2, -0.15) is 0 Å². The lowest BCUT2D eigenvalue weighted by molar-refractivity contribution is -0.120. The summed E-state index contributed by atoms with van der Waals surface area (Å²) in [7, 11) is 1.49. The van der Waals surface area contributed by atoms with Crippen molar-refractivity contribution in [2.75, 3.05) is 17.3 Å². The number of nitrogens with zero attached hydrogens (tertiary/aromatic N) is 1. The van der Waals surface area contributed by atoms with Gasteiger partial charge in [0.2, 0.25) is 0 Å². The van der Waals surface area contributed by atoms with Crippen LogP contribution in [0, 0.1) is 0 Å². The largest absolute Gasteiger partial charge is 0.497 e. The molecule has 1 aliphatic rings. The number of imide groups is 1. The van der Waals surface area contributed by atoms with Gasteiger partial charge in [-0.1, -0.05) is 43.6 Å². The Balaban J connectivity index is 1.47. The molecule has 35 heavy (non-hydrogen) atoms. The molecule has 3 aromatic rings. The van der Waals surface area contributed by atoms with Gasteiger partial charge in [-0.3, -0.25) is 9.59 Å². The molecule has 0 radical (unpaired) electrons. The minimum Gasteiger partial charge on any atom is -0.497 e. The molecule has 0 fully saturated rings. The number of hydrogen-bond donors (Lipinski definition) is 1. The number of nitrogens with one attached hydrogen (secondary N) is 1. The highest BCUT2D eigenvalue weighted by molar-refractivity contribution is 6.53. The Kier molecular flexibility index (Phi) is 6.89. The summed E-state index contributed by atoms with van der Waals surface area (Å²) in [6.07, 6.45) is 0. The van der Waals surface area contributed by atoms with E-state index in [1.54, 1.807) is 54.6 Å². The van der Waals surface area contributed by atoms with Crippen LogP contribution in [0.2, 0.25) is 0 Å². The molecule has 0 aliphatic carbocycles. The Bertz CT molecular complexity index is 1330. The van der Waals surface area contributed by atoms with Crippen molar-refractivity contribution in [3.8, 4) is 11.5 Å². The molecule has 0 aromatic heterocycles. The number of benzene rings is 3. The Morgan fingerprint density at radius 3 is 2.29 bits per heavy atom. The fourth-order valence-electron chi connectivity index (χ4n) is 3.53. The minimum absolute atomic E-state index is 0.0553. The first-order valence-electron chi connectivity index (χ1n) is 10.9. The van der Waals surface area contributed by atoms with Crippen molar-refractivity contribution in [2.45, 2.75) is 19.8 Å². The Morgan fingerprint density at radius 2 is 1.60 bits per heavy atom. The number of ether oxygens (including phenoxy) is 2. The first-order valence-corrected chi connectivity index (χ1v) is 11.3. The van der Waals surface area contributed by atoms with Gasteiger partial charge in [0, 0.05) is 11.8 Å². The van der Waals surface area contributed by atoms with Crippen molar-refractivity contribution >= 4 is 40.8 Å². The first kappa shape index (κ1) is 24.0. The standard InChI is InChI=1S/C27H23ClN2O5/c1-16(2)18-6-4-9-22(14-18)35-27(33)17-10-12-19(13-11-17)29-24-23(28)25(31)30(26(24)32)20-7-5-8-21(15-20)34-3/h4-16,29H,1-3H3. The molecule has 0 bridgehead atoms. The summed E-state index contributed by atoms with van der Waals surface area (Å²) in [5.74, 6) is -0.471. The number of amides is 2. The van der Waals surface area contributed by atoms with Gasteiger partial charge in [0.25, 0.3) is 11.8 Å². The number of carbonyl (C=O) groups is 3. The summed E-state index contributed by atoms with van der Waals surface area (Å²) < 4.78 is 10.7. The van der Waals surface area contributed by atoms with Crippen molar-refractivity contribution in [3.63, 3.8) is 0 Å². The molecule has 3 aromatic carbocycles. The molecule has 1 heterocycles. The highest BCUT2D eigenvalue weighted by Crippen LogP contribution is 2.32. The lowest BCUT2D eigenvalue weighted by atomic mass is 10.0. The van der Waals surface area contributed by atoms with Crippen LogP contribution in [0.3, 0.4) is 0 Å². The molecule has 8 heteroatoms. The zero-order valence-electron chi connectivity index (χ0n) is 19.4. The lowest BCUT2D eigenvalue weighted by Crippen LogP contribution is -2.32. The minimum atomic E-state index is -0.642. The van der Waals surface area contributed by atoms with E-state index in [2.05, 4.69) is 19.2 Å². The topological polar surface area (TPSA) is 84.9 Å². The number of methoxy groups -OCH3 is 1. The first-order chi connectivity index (χ1) is 16.8.